The number of fused-ring (bicyclic) bond motifs is 3. The summed E-state index contributed by atoms with van der Waals surface area (Å²) in [5, 5.41) is 2.92. The molecule has 5 rings (SSSR count). The Labute approximate surface area is 192 Å². The number of urea groups is 1. The van der Waals surface area contributed by atoms with Gasteiger partial charge in [-0.25, -0.2) is 13.6 Å². The molecule has 0 fully saturated rings. The van der Waals surface area contributed by atoms with Crippen molar-refractivity contribution in [2.24, 2.45) is 0 Å². The topological polar surface area (TPSA) is 37.3 Å². The molecule has 1 aliphatic rings. The van der Waals surface area contributed by atoms with Crippen LogP contribution in [0.15, 0.2) is 89.5 Å². The number of benzene rings is 3. The molecule has 0 spiro atoms. The van der Waals surface area contributed by atoms with Crippen LogP contribution in [0.3, 0.4) is 0 Å². The number of amides is 2. The second-order valence-corrected chi connectivity index (χ2v) is 8.52. The van der Waals surface area contributed by atoms with E-state index in [1.165, 1.54) is 12.1 Å². The lowest BCUT2D eigenvalue weighted by Gasteiger charge is -2.31. The van der Waals surface area contributed by atoms with Gasteiger partial charge < -0.3 is 14.8 Å². The van der Waals surface area contributed by atoms with E-state index in [0.717, 1.165) is 27.5 Å². The van der Waals surface area contributed by atoms with Gasteiger partial charge in [0, 0.05) is 28.1 Å². The van der Waals surface area contributed by atoms with Crippen molar-refractivity contribution in [1.29, 1.82) is 0 Å². The maximum absolute atomic E-state index is 14.2. The zero-order valence-corrected chi connectivity index (χ0v) is 18.4. The first-order valence-corrected chi connectivity index (χ1v) is 10.8. The van der Waals surface area contributed by atoms with Crippen molar-refractivity contribution in [3.8, 4) is 5.69 Å². The molecule has 0 radical (unpaired) electrons. The SMILES string of the molecule is O=C(Nc1cccc(Br)c1)N1Cc2ccccc2-n2cccc2[C@@H]1c1cc(F)cc(F)c1. The summed E-state index contributed by atoms with van der Waals surface area (Å²) in [4.78, 5) is 15.1. The van der Waals surface area contributed by atoms with Crippen LogP contribution in [0, 0.1) is 11.6 Å². The molecule has 0 aliphatic carbocycles. The Kier molecular flexibility index (Phi) is 5.27. The van der Waals surface area contributed by atoms with Crippen molar-refractivity contribution in [3.63, 3.8) is 0 Å². The third-order valence-corrected chi connectivity index (χ3v) is 5.99. The Balaban J connectivity index is 1.66. The summed E-state index contributed by atoms with van der Waals surface area (Å²) in [5.41, 5.74) is 3.56. The first-order chi connectivity index (χ1) is 15.5. The summed E-state index contributed by atoms with van der Waals surface area (Å²) in [6.45, 7) is 0.264. The van der Waals surface area contributed by atoms with Crippen LogP contribution >= 0.6 is 15.9 Å². The number of halogens is 3. The lowest BCUT2D eigenvalue weighted by Crippen LogP contribution is -2.38. The van der Waals surface area contributed by atoms with Crippen LogP contribution in [0.5, 0.6) is 0 Å². The van der Waals surface area contributed by atoms with Crippen LogP contribution in [0.1, 0.15) is 22.9 Å². The average molecular weight is 494 g/mol. The second kappa shape index (κ2) is 8.24. The number of rotatable bonds is 2. The molecule has 4 aromatic rings. The summed E-state index contributed by atoms with van der Waals surface area (Å²) in [7, 11) is 0. The molecule has 4 nitrogen and oxygen atoms in total. The van der Waals surface area contributed by atoms with Crippen LogP contribution < -0.4 is 5.32 Å². The van der Waals surface area contributed by atoms with Crippen LogP contribution in [0.4, 0.5) is 19.3 Å². The summed E-state index contributed by atoms with van der Waals surface area (Å²) >= 11 is 3.41. The molecule has 160 valence electrons. The normalized spacial score (nSPS) is 15.0. The van der Waals surface area contributed by atoms with E-state index in [1.807, 2.05) is 59.3 Å². The molecule has 1 aromatic heterocycles. The van der Waals surface area contributed by atoms with Crippen molar-refractivity contribution in [2.75, 3.05) is 5.32 Å². The Hall–Kier alpha value is -3.45. The predicted molar refractivity (Wildman–Crippen MR) is 123 cm³/mol. The smallest absolute Gasteiger partial charge is 0.318 e. The molecular weight excluding hydrogens is 476 g/mol. The van der Waals surface area contributed by atoms with E-state index in [9.17, 15) is 13.6 Å². The Morgan fingerprint density at radius 1 is 0.938 bits per heavy atom. The minimum Gasteiger partial charge on any atom is -0.318 e. The van der Waals surface area contributed by atoms with E-state index in [2.05, 4.69) is 21.2 Å². The lowest BCUT2D eigenvalue weighted by molar-refractivity contribution is 0.194. The maximum atomic E-state index is 14.2. The third-order valence-electron chi connectivity index (χ3n) is 5.50. The van der Waals surface area contributed by atoms with E-state index in [0.29, 0.717) is 11.3 Å². The number of nitrogens with one attached hydrogen (secondary N) is 1. The monoisotopic (exact) mass is 493 g/mol. The highest BCUT2D eigenvalue weighted by Gasteiger charge is 2.33. The van der Waals surface area contributed by atoms with E-state index >= 15 is 0 Å². The summed E-state index contributed by atoms with van der Waals surface area (Å²) in [5.74, 6) is -1.38. The minimum absolute atomic E-state index is 0.264. The van der Waals surface area contributed by atoms with Crippen molar-refractivity contribution in [1.82, 2.24) is 9.47 Å². The molecule has 0 unspecified atom stereocenters. The third kappa shape index (κ3) is 3.80. The molecule has 2 amide bonds. The number of carbonyl (C=O) groups excluding carboxylic acids is 1. The van der Waals surface area contributed by atoms with Gasteiger partial charge in [-0.2, -0.15) is 0 Å². The number of para-hydroxylation sites is 1. The van der Waals surface area contributed by atoms with Crippen molar-refractivity contribution >= 4 is 27.6 Å². The quantitative estimate of drug-likeness (QED) is 0.333. The molecule has 1 aliphatic heterocycles. The van der Waals surface area contributed by atoms with Gasteiger partial charge in [-0.05, 0) is 59.7 Å². The summed E-state index contributed by atoms with van der Waals surface area (Å²) in [6, 6.07) is 21.1. The number of hydrogen-bond acceptors (Lipinski definition) is 1. The molecule has 0 saturated heterocycles. The Bertz CT molecular complexity index is 1300. The average Bonchev–Trinajstić information content (AvgIpc) is 3.17. The Morgan fingerprint density at radius 3 is 2.50 bits per heavy atom. The number of hydrogen-bond donors (Lipinski definition) is 1. The van der Waals surface area contributed by atoms with E-state index in [4.69, 9.17) is 0 Å². The lowest BCUT2D eigenvalue weighted by atomic mass is 10.0. The standard InChI is InChI=1S/C25H18BrF2N3O/c26-18-6-3-7-21(13-18)29-25(32)31-15-16-5-1-2-8-22(16)30-10-4-9-23(30)24(31)17-11-19(27)14-20(28)12-17/h1-14,24H,15H2,(H,29,32)/t24-/m0/s1. The maximum Gasteiger partial charge on any atom is 0.322 e. The van der Waals surface area contributed by atoms with Gasteiger partial charge >= 0.3 is 6.03 Å². The van der Waals surface area contributed by atoms with Crippen molar-refractivity contribution in [3.05, 3.63) is 118 Å². The molecule has 0 saturated carbocycles. The van der Waals surface area contributed by atoms with Crippen LogP contribution in [0.25, 0.3) is 5.69 Å². The van der Waals surface area contributed by atoms with Gasteiger partial charge in [-0.15, -0.1) is 0 Å². The number of aromatic nitrogens is 1. The van der Waals surface area contributed by atoms with Crippen molar-refractivity contribution in [2.45, 2.75) is 12.6 Å². The molecule has 1 atom stereocenters. The van der Waals surface area contributed by atoms with Crippen LogP contribution in [-0.2, 0) is 6.54 Å². The van der Waals surface area contributed by atoms with Gasteiger partial charge in [0.2, 0.25) is 0 Å². The summed E-state index contributed by atoms with van der Waals surface area (Å²) < 4.78 is 31.2. The highest BCUT2D eigenvalue weighted by atomic mass is 79.9. The summed E-state index contributed by atoms with van der Waals surface area (Å²) in [6.07, 6.45) is 1.90. The molecule has 7 heteroatoms. The molecule has 0 bridgehead atoms. The number of carbonyl (C=O) groups is 1. The Morgan fingerprint density at radius 2 is 1.72 bits per heavy atom. The van der Waals surface area contributed by atoms with E-state index in [-0.39, 0.29) is 12.6 Å². The molecule has 1 N–H and O–H groups in total. The van der Waals surface area contributed by atoms with Gasteiger partial charge in [-0.1, -0.05) is 40.2 Å². The van der Waals surface area contributed by atoms with Gasteiger partial charge in [0.25, 0.3) is 0 Å². The fourth-order valence-corrected chi connectivity index (χ4v) is 4.58. The first-order valence-electron chi connectivity index (χ1n) is 10.0. The second-order valence-electron chi connectivity index (χ2n) is 7.61. The first kappa shape index (κ1) is 20.5. The molecule has 3 aromatic carbocycles. The fourth-order valence-electron chi connectivity index (χ4n) is 4.18. The highest BCUT2D eigenvalue weighted by Crippen LogP contribution is 2.37. The minimum atomic E-state index is -0.699. The van der Waals surface area contributed by atoms with Gasteiger partial charge in [0.05, 0.1) is 18.3 Å². The molecule has 2 heterocycles. The van der Waals surface area contributed by atoms with Crippen molar-refractivity contribution < 1.29 is 13.6 Å². The number of nitrogens with zero attached hydrogens (tertiary/aromatic N) is 2. The number of anilines is 1. The predicted octanol–water partition coefficient (Wildman–Crippen LogP) is 6.66. The zero-order valence-electron chi connectivity index (χ0n) is 16.8. The fraction of sp³-hybridized carbons (Fsp3) is 0.0800. The van der Waals surface area contributed by atoms with E-state index in [1.54, 1.807) is 17.0 Å². The van der Waals surface area contributed by atoms with Gasteiger partial charge in [0.1, 0.15) is 11.6 Å². The zero-order chi connectivity index (χ0) is 22.2. The largest absolute Gasteiger partial charge is 0.322 e. The van der Waals surface area contributed by atoms with Gasteiger partial charge in [0.15, 0.2) is 0 Å². The van der Waals surface area contributed by atoms with Gasteiger partial charge in [-0.3, -0.25) is 0 Å². The molecule has 32 heavy (non-hydrogen) atoms. The van der Waals surface area contributed by atoms with Crippen LogP contribution in [0.2, 0.25) is 0 Å². The van der Waals surface area contributed by atoms with E-state index < -0.39 is 17.7 Å². The molecular formula is C25H18BrF2N3O. The van der Waals surface area contributed by atoms with Crippen LogP contribution in [-0.4, -0.2) is 15.5 Å². The highest BCUT2D eigenvalue weighted by molar-refractivity contribution is 9.10.